The number of halogens is 1. The van der Waals surface area contributed by atoms with Gasteiger partial charge in [-0.3, -0.25) is 9.59 Å². The number of benzene rings is 1. The predicted molar refractivity (Wildman–Crippen MR) is 118 cm³/mol. The van der Waals surface area contributed by atoms with Gasteiger partial charge in [0, 0.05) is 6.07 Å². The number of ether oxygens (including phenoxy) is 2. The first-order valence-corrected chi connectivity index (χ1v) is 11.6. The van der Waals surface area contributed by atoms with Crippen LogP contribution in [0, 0.1) is 11.2 Å². The van der Waals surface area contributed by atoms with E-state index >= 15 is 0 Å². The summed E-state index contributed by atoms with van der Waals surface area (Å²) >= 11 is 0. The zero-order chi connectivity index (χ0) is 22.2. The Morgan fingerprint density at radius 2 is 1.40 bits per heavy atom. The van der Waals surface area contributed by atoms with Gasteiger partial charge in [-0.15, -0.1) is 0 Å². The van der Waals surface area contributed by atoms with Crippen LogP contribution in [0.3, 0.4) is 0 Å². The standard InChI is InChI=1S/C25H39FO4/c1-4-7-8-9-10-11-12-13-14-15-19-29-23(27)25(5-2,6-3)24(28)30-22-18-16-17-21(26)20-22/h16-18,20H,4-15,19H2,1-3H3. The van der Waals surface area contributed by atoms with E-state index in [0.717, 1.165) is 25.3 Å². The Balaban J connectivity index is 2.36. The fraction of sp³-hybridized carbons (Fsp3) is 0.680. The third-order valence-electron chi connectivity index (χ3n) is 5.73. The van der Waals surface area contributed by atoms with Crippen molar-refractivity contribution in [2.75, 3.05) is 6.61 Å². The second kappa shape index (κ2) is 15.0. The van der Waals surface area contributed by atoms with Crippen LogP contribution in [0.15, 0.2) is 24.3 Å². The van der Waals surface area contributed by atoms with E-state index in [0.29, 0.717) is 6.61 Å². The van der Waals surface area contributed by atoms with Gasteiger partial charge in [0.2, 0.25) is 0 Å². The SMILES string of the molecule is CCCCCCCCCCCCOC(=O)C(CC)(CC)C(=O)Oc1cccc(F)c1. The Bertz CT molecular complexity index is 625. The zero-order valence-electron chi connectivity index (χ0n) is 19.0. The smallest absolute Gasteiger partial charge is 0.328 e. The van der Waals surface area contributed by atoms with Gasteiger partial charge >= 0.3 is 11.9 Å². The normalized spacial score (nSPS) is 11.3. The van der Waals surface area contributed by atoms with Gasteiger partial charge < -0.3 is 9.47 Å². The van der Waals surface area contributed by atoms with Crippen molar-refractivity contribution in [3.63, 3.8) is 0 Å². The summed E-state index contributed by atoms with van der Waals surface area (Å²) in [5, 5.41) is 0. The summed E-state index contributed by atoms with van der Waals surface area (Å²) in [6.45, 7) is 6.06. The fourth-order valence-electron chi connectivity index (χ4n) is 3.54. The lowest BCUT2D eigenvalue weighted by atomic mass is 9.82. The molecule has 0 saturated heterocycles. The molecule has 0 heterocycles. The van der Waals surface area contributed by atoms with Crippen LogP contribution >= 0.6 is 0 Å². The molecule has 1 aromatic rings. The topological polar surface area (TPSA) is 52.6 Å². The van der Waals surface area contributed by atoms with Gasteiger partial charge in [0.05, 0.1) is 6.61 Å². The van der Waals surface area contributed by atoms with Crippen LogP contribution in [-0.2, 0) is 14.3 Å². The van der Waals surface area contributed by atoms with E-state index in [4.69, 9.17) is 9.47 Å². The lowest BCUT2D eigenvalue weighted by molar-refractivity contribution is -0.168. The summed E-state index contributed by atoms with van der Waals surface area (Å²) in [6.07, 6.45) is 12.6. The second-order valence-corrected chi connectivity index (χ2v) is 7.95. The Labute approximate surface area is 181 Å². The third kappa shape index (κ3) is 8.85. The molecule has 0 unspecified atom stereocenters. The summed E-state index contributed by atoms with van der Waals surface area (Å²) in [7, 11) is 0. The van der Waals surface area contributed by atoms with Crippen molar-refractivity contribution >= 4 is 11.9 Å². The fourth-order valence-corrected chi connectivity index (χ4v) is 3.54. The number of unbranched alkanes of at least 4 members (excludes halogenated alkanes) is 9. The highest BCUT2D eigenvalue weighted by atomic mass is 19.1. The molecule has 0 saturated carbocycles. The van der Waals surface area contributed by atoms with Crippen LogP contribution in [0.4, 0.5) is 4.39 Å². The number of rotatable bonds is 16. The summed E-state index contributed by atoms with van der Waals surface area (Å²) in [6, 6.07) is 5.35. The molecule has 0 aliphatic carbocycles. The van der Waals surface area contributed by atoms with Crippen molar-refractivity contribution in [1.82, 2.24) is 0 Å². The van der Waals surface area contributed by atoms with Crippen molar-refractivity contribution in [1.29, 1.82) is 0 Å². The Morgan fingerprint density at radius 1 is 0.833 bits per heavy atom. The average molecular weight is 423 g/mol. The summed E-state index contributed by atoms with van der Waals surface area (Å²) in [4.78, 5) is 25.4. The van der Waals surface area contributed by atoms with Gasteiger partial charge in [0.1, 0.15) is 11.6 Å². The molecule has 30 heavy (non-hydrogen) atoms. The average Bonchev–Trinajstić information content (AvgIpc) is 2.73. The number of esters is 2. The van der Waals surface area contributed by atoms with E-state index in [9.17, 15) is 14.0 Å². The molecule has 0 N–H and O–H groups in total. The first-order valence-electron chi connectivity index (χ1n) is 11.6. The minimum Gasteiger partial charge on any atom is -0.465 e. The van der Waals surface area contributed by atoms with Crippen molar-refractivity contribution in [3.05, 3.63) is 30.1 Å². The van der Waals surface area contributed by atoms with Crippen LogP contribution in [0.5, 0.6) is 5.75 Å². The number of hydrogen-bond acceptors (Lipinski definition) is 4. The summed E-state index contributed by atoms with van der Waals surface area (Å²) < 4.78 is 24.1. The lowest BCUT2D eigenvalue weighted by Gasteiger charge is -2.26. The van der Waals surface area contributed by atoms with E-state index in [-0.39, 0.29) is 18.6 Å². The van der Waals surface area contributed by atoms with Gasteiger partial charge in [-0.05, 0) is 31.4 Å². The van der Waals surface area contributed by atoms with Gasteiger partial charge in [0.15, 0.2) is 5.41 Å². The molecule has 0 aromatic heterocycles. The highest BCUT2D eigenvalue weighted by Crippen LogP contribution is 2.31. The lowest BCUT2D eigenvalue weighted by Crippen LogP contribution is -2.42. The highest BCUT2D eigenvalue weighted by Gasteiger charge is 2.46. The molecule has 0 atom stereocenters. The first-order chi connectivity index (χ1) is 14.5. The van der Waals surface area contributed by atoms with Crippen LogP contribution in [0.25, 0.3) is 0 Å². The van der Waals surface area contributed by atoms with Crippen molar-refractivity contribution in [2.24, 2.45) is 5.41 Å². The minimum absolute atomic E-state index is 0.0915. The molecule has 4 nitrogen and oxygen atoms in total. The number of carbonyl (C=O) groups is 2. The van der Waals surface area contributed by atoms with Crippen molar-refractivity contribution < 1.29 is 23.5 Å². The van der Waals surface area contributed by atoms with Gasteiger partial charge in [-0.25, -0.2) is 4.39 Å². The predicted octanol–water partition coefficient (Wildman–Crippen LogP) is 7.00. The molecule has 0 aliphatic heterocycles. The molecule has 0 radical (unpaired) electrons. The molecular formula is C25H39FO4. The Hall–Kier alpha value is -1.91. The zero-order valence-corrected chi connectivity index (χ0v) is 19.0. The van der Waals surface area contributed by atoms with E-state index in [1.807, 2.05) is 0 Å². The van der Waals surface area contributed by atoms with Gasteiger partial charge in [-0.1, -0.05) is 84.6 Å². The molecule has 0 amide bonds. The maximum Gasteiger partial charge on any atom is 0.328 e. The molecule has 1 aromatic carbocycles. The molecule has 1 rings (SSSR count). The van der Waals surface area contributed by atoms with E-state index in [1.54, 1.807) is 13.8 Å². The monoisotopic (exact) mass is 422 g/mol. The van der Waals surface area contributed by atoms with E-state index in [1.165, 1.54) is 63.1 Å². The number of carbonyl (C=O) groups excluding carboxylic acids is 2. The largest absolute Gasteiger partial charge is 0.465 e. The Morgan fingerprint density at radius 3 is 1.93 bits per heavy atom. The van der Waals surface area contributed by atoms with Crippen LogP contribution in [0.2, 0.25) is 0 Å². The van der Waals surface area contributed by atoms with Gasteiger partial charge in [0.25, 0.3) is 0 Å². The molecule has 0 bridgehead atoms. The quantitative estimate of drug-likeness (QED) is 0.124. The molecule has 0 aliphatic rings. The van der Waals surface area contributed by atoms with Crippen molar-refractivity contribution in [3.8, 4) is 5.75 Å². The Kier molecular flexibility index (Phi) is 13.0. The first kappa shape index (κ1) is 26.1. The van der Waals surface area contributed by atoms with Gasteiger partial charge in [-0.2, -0.15) is 0 Å². The van der Waals surface area contributed by atoms with Crippen LogP contribution < -0.4 is 4.74 Å². The van der Waals surface area contributed by atoms with Crippen LogP contribution in [0.1, 0.15) is 97.8 Å². The summed E-state index contributed by atoms with van der Waals surface area (Å²) in [5.41, 5.74) is -1.36. The molecule has 5 heteroatoms. The second-order valence-electron chi connectivity index (χ2n) is 7.95. The third-order valence-corrected chi connectivity index (χ3v) is 5.73. The summed E-state index contributed by atoms with van der Waals surface area (Å²) in [5.74, 6) is -1.65. The molecular weight excluding hydrogens is 383 g/mol. The van der Waals surface area contributed by atoms with Crippen molar-refractivity contribution in [2.45, 2.75) is 97.8 Å². The molecule has 0 spiro atoms. The van der Waals surface area contributed by atoms with E-state index < -0.39 is 23.2 Å². The van der Waals surface area contributed by atoms with E-state index in [2.05, 4.69) is 6.92 Å². The maximum absolute atomic E-state index is 13.3. The maximum atomic E-state index is 13.3. The number of hydrogen-bond donors (Lipinski definition) is 0. The minimum atomic E-state index is -1.36. The molecule has 170 valence electrons. The van der Waals surface area contributed by atoms with Crippen LogP contribution in [-0.4, -0.2) is 18.5 Å². The molecule has 0 fully saturated rings. The highest BCUT2D eigenvalue weighted by molar-refractivity contribution is 6.00.